The van der Waals surface area contributed by atoms with Crippen LogP contribution < -0.4 is 0 Å². The third-order valence-corrected chi connectivity index (χ3v) is 4.34. The van der Waals surface area contributed by atoms with E-state index in [-0.39, 0.29) is 34.4 Å². The van der Waals surface area contributed by atoms with Gasteiger partial charge in [0, 0.05) is 24.7 Å². The van der Waals surface area contributed by atoms with Gasteiger partial charge in [0.15, 0.2) is 0 Å². The molecule has 0 fully saturated rings. The van der Waals surface area contributed by atoms with E-state index < -0.39 is 75.2 Å². The van der Waals surface area contributed by atoms with Gasteiger partial charge in [0.2, 0.25) is 0 Å². The molecule has 0 N–H and O–H groups in total. The van der Waals surface area contributed by atoms with Gasteiger partial charge < -0.3 is 16.0 Å². The normalized spacial score (nSPS) is 19.7. The number of halogens is 3. The van der Waals surface area contributed by atoms with Gasteiger partial charge in [-0.2, -0.15) is 0 Å². The predicted molar refractivity (Wildman–Crippen MR) is 162 cm³/mol. The molecule has 0 spiro atoms. The van der Waals surface area contributed by atoms with E-state index in [1.165, 1.54) is 36.4 Å². The van der Waals surface area contributed by atoms with Crippen molar-refractivity contribution in [3.05, 3.63) is 105 Å². The number of hydrogen-bond donors (Lipinski definition) is 0. The van der Waals surface area contributed by atoms with E-state index >= 15 is 0 Å². The molecule has 7 heteroatoms. The van der Waals surface area contributed by atoms with Crippen LogP contribution in [-0.2, 0) is 17.4 Å². The average Bonchev–Trinajstić information content (AvgIpc) is 3.00. The second-order valence-electron chi connectivity index (χ2n) is 9.42. The molecule has 3 aromatic rings. The minimum atomic E-state index is -2.87. The largest absolute Gasteiger partial charge is 3.00 e. The average molecular weight is 611 g/mol. The first-order chi connectivity index (χ1) is 25.1. The summed E-state index contributed by atoms with van der Waals surface area (Å²) in [6.45, 7) is -9.17. The second-order valence-corrected chi connectivity index (χ2v) is 9.42. The summed E-state index contributed by atoms with van der Waals surface area (Å²) in [5.74, 6) is -2.24. The van der Waals surface area contributed by atoms with Gasteiger partial charge >= 0.3 is 17.4 Å². The second kappa shape index (κ2) is 15.4. The van der Waals surface area contributed by atoms with Crippen molar-refractivity contribution in [1.29, 1.82) is 0 Å². The van der Waals surface area contributed by atoms with Gasteiger partial charge in [0.25, 0.3) is 0 Å². The van der Waals surface area contributed by atoms with E-state index in [1.807, 2.05) is 0 Å². The molecule has 0 aliphatic rings. The molecule has 0 aromatic heterocycles. The fourth-order valence-electron chi connectivity index (χ4n) is 2.85. The maximum atomic E-state index is 13.6. The van der Waals surface area contributed by atoms with Crippen LogP contribution in [0.1, 0.15) is 103 Å². The zero-order valence-corrected chi connectivity index (χ0v) is 24.4. The first-order valence-corrected chi connectivity index (χ1v) is 11.6. The van der Waals surface area contributed by atoms with Crippen molar-refractivity contribution in [3.8, 4) is 0 Å². The van der Waals surface area contributed by atoms with Crippen LogP contribution in [0.4, 0.5) is 30.2 Å². The Morgan fingerprint density at radius 3 is 0.925 bits per heavy atom. The van der Waals surface area contributed by atoms with Crippen molar-refractivity contribution in [1.82, 2.24) is 0 Å². The third kappa shape index (κ3) is 15.8. The fraction of sp³-hybridized carbons (Fsp3) is 0.455. The van der Waals surface area contributed by atoms with Crippen molar-refractivity contribution < 1.29 is 55.2 Å². The van der Waals surface area contributed by atoms with Crippen molar-refractivity contribution in [2.45, 2.75) is 99.3 Å². The quantitative estimate of drug-likeness (QED) is 0.283. The minimum absolute atomic E-state index is 0. The molecule has 0 atom stereocenters. The van der Waals surface area contributed by atoms with Crippen LogP contribution >= 0.6 is 0 Å². The van der Waals surface area contributed by atoms with Crippen molar-refractivity contribution in [3.63, 3.8) is 0 Å². The van der Waals surface area contributed by atoms with Crippen LogP contribution in [-0.4, -0.2) is 16.6 Å². The Kier molecular flexibility index (Phi) is 6.44. The Labute approximate surface area is 276 Å². The Morgan fingerprint density at radius 1 is 0.500 bits per heavy atom. The van der Waals surface area contributed by atoms with Crippen molar-refractivity contribution in [2.24, 2.45) is 0 Å². The van der Waals surface area contributed by atoms with Crippen LogP contribution in [0.15, 0.2) is 54.6 Å². The zero-order valence-electron chi connectivity index (χ0n) is 41.1. The first kappa shape index (κ1) is 16.7. The minimum Gasteiger partial charge on any atom is -0.677 e. The van der Waals surface area contributed by atoms with Crippen LogP contribution in [0.2, 0.25) is 0 Å². The van der Waals surface area contributed by atoms with Crippen LogP contribution in [0, 0.1) is 38.2 Å². The molecule has 1 radical (unpaired) electrons. The topological polar surface area (TPSA) is 42.3 Å². The van der Waals surface area contributed by atoms with E-state index in [0.717, 1.165) is 39.0 Å². The standard InChI is InChI=1S/3C11H15FN.Cr/c3*1-8-5-6-9(12)10(7-8)13-11(2,3)4;/h3*5-7H,1-4H3;/q3*-1;+3/i3*2D3,3D3;. The third-order valence-electron chi connectivity index (χ3n) is 4.34. The van der Waals surface area contributed by atoms with E-state index in [2.05, 4.69) is 16.0 Å². The van der Waals surface area contributed by atoms with Gasteiger partial charge in [0.05, 0.1) is 0 Å². The summed E-state index contributed by atoms with van der Waals surface area (Å²) in [6, 6.07) is 11.9. The number of rotatable bonds is 3. The molecule has 0 unspecified atom stereocenters. The summed E-state index contributed by atoms with van der Waals surface area (Å²) in [7, 11) is 0. The number of hydrogen-bond acceptors (Lipinski definition) is 0. The monoisotopic (exact) mass is 610 g/mol. The summed E-state index contributed by atoms with van der Waals surface area (Å²) in [5, 5.41) is 11.1. The summed E-state index contributed by atoms with van der Waals surface area (Å²) < 4.78 is 174. The van der Waals surface area contributed by atoms with Crippen LogP contribution in [0.5, 0.6) is 0 Å². The molecule has 0 heterocycles. The van der Waals surface area contributed by atoms with Crippen LogP contribution in [0.3, 0.4) is 0 Å². The van der Waals surface area contributed by atoms with Gasteiger partial charge in [0.1, 0.15) is 17.5 Å². The molecule has 219 valence electrons. The summed E-state index contributed by atoms with van der Waals surface area (Å²) in [5.41, 5.74) is -5.83. The van der Waals surface area contributed by atoms with Crippen molar-refractivity contribution in [2.75, 3.05) is 0 Å². The van der Waals surface area contributed by atoms with Crippen LogP contribution in [0.25, 0.3) is 16.0 Å². The maximum absolute atomic E-state index is 13.6. The molecule has 0 aliphatic heterocycles. The molecule has 3 nitrogen and oxygen atoms in total. The Bertz CT molecular complexity index is 1570. The van der Waals surface area contributed by atoms with E-state index in [1.54, 1.807) is 20.8 Å². The molecule has 3 rings (SSSR count). The van der Waals surface area contributed by atoms with Gasteiger partial charge in [-0.15, -0.1) is 33.7 Å². The molecule has 40 heavy (non-hydrogen) atoms. The van der Waals surface area contributed by atoms with Gasteiger partial charge in [-0.05, 0) is 39.0 Å². The number of aryl methyl sites for hydroxylation is 3. The molecule has 0 saturated heterocycles. The van der Waals surface area contributed by atoms with Gasteiger partial charge in [-0.1, -0.05) is 115 Å². The summed E-state index contributed by atoms with van der Waals surface area (Å²) in [4.78, 5) is 0. The van der Waals surface area contributed by atoms with E-state index in [9.17, 15) is 13.2 Å². The number of benzene rings is 3. The first-order valence-electron chi connectivity index (χ1n) is 20.6. The fourth-order valence-corrected chi connectivity index (χ4v) is 2.85. The van der Waals surface area contributed by atoms with Crippen molar-refractivity contribution >= 4 is 17.1 Å². The molecular weight excluding hydrogens is 547 g/mol. The molecule has 0 saturated carbocycles. The Balaban J connectivity index is 0.000000833. The zero-order chi connectivity index (χ0) is 45.2. The molecule has 0 amide bonds. The maximum Gasteiger partial charge on any atom is 3.00 e. The molecule has 0 bridgehead atoms. The molecular formula is C33H45CrF3N3. The summed E-state index contributed by atoms with van der Waals surface area (Å²) >= 11 is 0. The summed E-state index contributed by atoms with van der Waals surface area (Å²) in [6.07, 6.45) is 0. The SMILES string of the molecule is [2H]C([2H])([2H])C(C)([N-]c1cc(C)ccc1F)C([2H])([2H])[2H].[2H]C([2H])([2H])C(C)([N-]c1cc(C)ccc1F)C([2H])([2H])[2H].[2H]C([2H])([2H])C(C)([N-]c1cc(C)ccc1F)C([2H])([2H])[2H].[Cr+3]. The number of nitrogens with zero attached hydrogens (tertiary/aromatic N) is 3. The molecule has 0 aliphatic carbocycles. The Hall–Kier alpha value is -2.62. The molecule has 3 aromatic carbocycles. The smallest absolute Gasteiger partial charge is 0.677 e. The predicted octanol–water partition coefficient (Wildman–Crippen LogP) is 11.8. The van der Waals surface area contributed by atoms with Gasteiger partial charge in [-0.25, -0.2) is 13.2 Å². The Morgan fingerprint density at radius 2 is 0.725 bits per heavy atom. The van der Waals surface area contributed by atoms with E-state index in [0.29, 0.717) is 16.7 Å². The van der Waals surface area contributed by atoms with E-state index in [4.69, 9.17) is 24.7 Å². The van der Waals surface area contributed by atoms with Gasteiger partial charge in [-0.3, -0.25) is 0 Å².